The smallest absolute Gasteiger partial charge is 0.387 e. The van der Waals surface area contributed by atoms with Crippen molar-refractivity contribution in [1.82, 2.24) is 19.9 Å². The molecule has 3 rings (SSSR count). The topological polar surface area (TPSA) is 80.8 Å². The minimum Gasteiger partial charge on any atom is -0.432 e. The SMILES string of the molecule is Cc1nc(-c2cc(C(C)(C)c3ccc(OC(F)F)c(F)c3)ncn2)cc(=O)[nH]1. The Balaban J connectivity index is 2.00. The summed E-state index contributed by atoms with van der Waals surface area (Å²) in [6.07, 6.45) is 1.33. The van der Waals surface area contributed by atoms with Gasteiger partial charge in [-0.2, -0.15) is 8.78 Å². The van der Waals surface area contributed by atoms with Gasteiger partial charge in [-0.1, -0.05) is 19.9 Å². The van der Waals surface area contributed by atoms with Gasteiger partial charge in [0.2, 0.25) is 0 Å². The number of hydrogen-bond donors (Lipinski definition) is 1. The maximum absolute atomic E-state index is 14.2. The quantitative estimate of drug-likeness (QED) is 0.720. The summed E-state index contributed by atoms with van der Waals surface area (Å²) in [5, 5.41) is 0. The summed E-state index contributed by atoms with van der Waals surface area (Å²) >= 11 is 0. The van der Waals surface area contributed by atoms with E-state index in [2.05, 4.69) is 24.7 Å². The number of rotatable bonds is 5. The molecule has 0 fully saturated rings. The molecule has 6 nitrogen and oxygen atoms in total. The monoisotopic (exact) mass is 390 g/mol. The summed E-state index contributed by atoms with van der Waals surface area (Å²) in [7, 11) is 0. The first-order chi connectivity index (χ1) is 13.2. The van der Waals surface area contributed by atoms with Crippen LogP contribution in [0.15, 0.2) is 41.5 Å². The van der Waals surface area contributed by atoms with Crippen LogP contribution in [0, 0.1) is 12.7 Å². The maximum Gasteiger partial charge on any atom is 0.387 e. The molecule has 0 spiro atoms. The Morgan fingerprint density at radius 2 is 1.86 bits per heavy atom. The van der Waals surface area contributed by atoms with Crippen molar-refractivity contribution in [1.29, 1.82) is 0 Å². The van der Waals surface area contributed by atoms with E-state index in [-0.39, 0.29) is 5.56 Å². The van der Waals surface area contributed by atoms with Crippen molar-refractivity contribution in [3.8, 4) is 17.1 Å². The summed E-state index contributed by atoms with van der Waals surface area (Å²) in [6.45, 7) is 2.15. The maximum atomic E-state index is 14.2. The Morgan fingerprint density at radius 1 is 1.11 bits per heavy atom. The number of benzene rings is 1. The van der Waals surface area contributed by atoms with Crippen molar-refractivity contribution in [3.05, 3.63) is 69.9 Å². The van der Waals surface area contributed by atoms with Gasteiger partial charge in [-0.15, -0.1) is 0 Å². The molecule has 0 aliphatic heterocycles. The zero-order chi connectivity index (χ0) is 20.5. The number of alkyl halides is 2. The van der Waals surface area contributed by atoms with Gasteiger partial charge in [0.1, 0.15) is 12.2 Å². The van der Waals surface area contributed by atoms with Gasteiger partial charge < -0.3 is 9.72 Å². The summed E-state index contributed by atoms with van der Waals surface area (Å²) in [4.78, 5) is 26.9. The van der Waals surface area contributed by atoms with Crippen molar-refractivity contribution >= 4 is 0 Å². The molecule has 0 aliphatic carbocycles. The van der Waals surface area contributed by atoms with Gasteiger partial charge in [0.05, 0.1) is 17.1 Å². The molecule has 3 aromatic rings. The molecule has 2 aromatic heterocycles. The highest BCUT2D eigenvalue weighted by Gasteiger charge is 2.27. The van der Waals surface area contributed by atoms with Gasteiger partial charge in [0, 0.05) is 11.5 Å². The second-order valence-corrected chi connectivity index (χ2v) is 6.65. The van der Waals surface area contributed by atoms with Crippen LogP contribution >= 0.6 is 0 Å². The van der Waals surface area contributed by atoms with E-state index in [0.717, 1.165) is 12.1 Å². The van der Waals surface area contributed by atoms with Crippen molar-refractivity contribution in [3.63, 3.8) is 0 Å². The van der Waals surface area contributed by atoms with Gasteiger partial charge >= 0.3 is 6.61 Å². The predicted octanol–water partition coefficient (Wildman–Crippen LogP) is 3.60. The summed E-state index contributed by atoms with van der Waals surface area (Å²) in [5.74, 6) is -0.980. The van der Waals surface area contributed by atoms with Crippen LogP contribution in [-0.4, -0.2) is 26.5 Å². The predicted molar refractivity (Wildman–Crippen MR) is 95.8 cm³/mol. The fourth-order valence-corrected chi connectivity index (χ4v) is 2.78. The highest BCUT2D eigenvalue weighted by molar-refractivity contribution is 5.54. The fourth-order valence-electron chi connectivity index (χ4n) is 2.78. The zero-order valence-corrected chi connectivity index (χ0v) is 15.3. The van der Waals surface area contributed by atoms with Crippen LogP contribution in [0.5, 0.6) is 5.75 Å². The van der Waals surface area contributed by atoms with E-state index in [0.29, 0.717) is 28.5 Å². The number of H-pyrrole nitrogens is 1. The standard InChI is InChI=1S/C19H17F3N4O2/c1-10-25-14(8-17(27)26-10)13-7-16(24-9-23-13)19(2,3)11-4-5-15(12(20)6-11)28-18(21)22/h4-9,18H,1-3H3,(H,25,26,27). The fraction of sp³-hybridized carbons (Fsp3) is 0.263. The molecular weight excluding hydrogens is 373 g/mol. The molecule has 9 heteroatoms. The third-order valence-electron chi connectivity index (χ3n) is 4.30. The number of aryl methyl sites for hydroxylation is 1. The van der Waals surface area contributed by atoms with Gasteiger partial charge in [0.15, 0.2) is 11.6 Å². The van der Waals surface area contributed by atoms with Gasteiger partial charge in [0.25, 0.3) is 5.56 Å². The first-order valence-corrected chi connectivity index (χ1v) is 8.32. The van der Waals surface area contributed by atoms with Crippen molar-refractivity contribution in [2.75, 3.05) is 0 Å². The van der Waals surface area contributed by atoms with E-state index in [4.69, 9.17) is 0 Å². The van der Waals surface area contributed by atoms with Crippen molar-refractivity contribution < 1.29 is 17.9 Å². The lowest BCUT2D eigenvalue weighted by atomic mass is 9.81. The van der Waals surface area contributed by atoms with E-state index >= 15 is 0 Å². The molecule has 28 heavy (non-hydrogen) atoms. The van der Waals surface area contributed by atoms with Crippen LogP contribution in [0.2, 0.25) is 0 Å². The molecule has 2 heterocycles. The van der Waals surface area contributed by atoms with E-state index in [1.807, 2.05) is 0 Å². The lowest BCUT2D eigenvalue weighted by Crippen LogP contribution is -2.21. The summed E-state index contributed by atoms with van der Waals surface area (Å²) < 4.78 is 42.9. The van der Waals surface area contributed by atoms with Crippen LogP contribution in [0.3, 0.4) is 0 Å². The highest BCUT2D eigenvalue weighted by Crippen LogP contribution is 2.33. The third-order valence-corrected chi connectivity index (χ3v) is 4.30. The zero-order valence-electron chi connectivity index (χ0n) is 15.3. The molecule has 0 bridgehead atoms. The highest BCUT2D eigenvalue weighted by atomic mass is 19.3. The number of nitrogens with zero attached hydrogens (tertiary/aromatic N) is 3. The molecule has 0 atom stereocenters. The second-order valence-electron chi connectivity index (χ2n) is 6.65. The number of nitrogens with one attached hydrogen (secondary N) is 1. The van der Waals surface area contributed by atoms with Crippen LogP contribution < -0.4 is 10.3 Å². The van der Waals surface area contributed by atoms with Crippen LogP contribution in [0.25, 0.3) is 11.4 Å². The minimum absolute atomic E-state index is 0.307. The molecule has 1 aromatic carbocycles. The molecule has 1 N–H and O–H groups in total. The lowest BCUT2D eigenvalue weighted by molar-refractivity contribution is -0.0522. The van der Waals surface area contributed by atoms with Crippen molar-refractivity contribution in [2.45, 2.75) is 32.8 Å². The molecule has 0 radical (unpaired) electrons. The molecule has 0 unspecified atom stereocenters. The van der Waals surface area contributed by atoms with Crippen molar-refractivity contribution in [2.24, 2.45) is 0 Å². The molecule has 0 saturated carbocycles. The van der Waals surface area contributed by atoms with Crippen LogP contribution in [0.1, 0.15) is 30.9 Å². The Morgan fingerprint density at radius 3 is 2.50 bits per heavy atom. The summed E-state index contributed by atoms with van der Waals surface area (Å²) in [5.41, 5.74) is 0.778. The molecule has 0 aliphatic rings. The number of aromatic nitrogens is 4. The Hall–Kier alpha value is -3.23. The number of hydrogen-bond acceptors (Lipinski definition) is 5. The van der Waals surface area contributed by atoms with E-state index < -0.39 is 23.6 Å². The third kappa shape index (κ3) is 4.03. The Bertz CT molecular complexity index is 1070. The Kier molecular flexibility index (Phi) is 5.17. The number of halogens is 3. The van der Waals surface area contributed by atoms with E-state index in [9.17, 15) is 18.0 Å². The van der Waals surface area contributed by atoms with Gasteiger partial charge in [-0.3, -0.25) is 4.79 Å². The van der Waals surface area contributed by atoms with E-state index in [1.165, 1.54) is 18.5 Å². The molecular formula is C19H17F3N4O2. The average Bonchev–Trinajstić information content (AvgIpc) is 2.62. The first kappa shape index (κ1) is 19.5. The minimum atomic E-state index is -3.11. The average molecular weight is 390 g/mol. The molecule has 0 amide bonds. The normalized spacial score (nSPS) is 11.7. The van der Waals surface area contributed by atoms with Crippen LogP contribution in [-0.2, 0) is 5.41 Å². The van der Waals surface area contributed by atoms with Crippen LogP contribution in [0.4, 0.5) is 13.2 Å². The second kappa shape index (κ2) is 7.41. The summed E-state index contributed by atoms with van der Waals surface area (Å²) in [6, 6.07) is 6.76. The first-order valence-electron chi connectivity index (χ1n) is 8.32. The molecule has 0 saturated heterocycles. The van der Waals surface area contributed by atoms with E-state index in [1.54, 1.807) is 26.8 Å². The van der Waals surface area contributed by atoms with Gasteiger partial charge in [-0.25, -0.2) is 19.3 Å². The largest absolute Gasteiger partial charge is 0.432 e. The van der Waals surface area contributed by atoms with Gasteiger partial charge in [-0.05, 0) is 30.7 Å². The number of aromatic amines is 1. The molecule has 146 valence electrons. The number of ether oxygens (including phenoxy) is 1. The Labute approximate surface area is 158 Å². The lowest BCUT2D eigenvalue weighted by Gasteiger charge is -2.25.